The van der Waals surface area contributed by atoms with Crippen LogP contribution >= 0.6 is 12.2 Å². The molecule has 3 aromatic rings. The van der Waals surface area contributed by atoms with E-state index in [2.05, 4.69) is 10.6 Å². The highest BCUT2D eigenvalue weighted by Gasteiger charge is 2.05. The number of nitrogens with one attached hydrogen (secondary N) is 2. The van der Waals surface area contributed by atoms with Gasteiger partial charge in [-0.2, -0.15) is 0 Å². The van der Waals surface area contributed by atoms with Crippen molar-refractivity contribution in [2.75, 3.05) is 32.8 Å². The van der Waals surface area contributed by atoms with Crippen LogP contribution in [-0.2, 0) is 4.79 Å². The van der Waals surface area contributed by atoms with Crippen molar-refractivity contribution in [2.45, 2.75) is 0 Å². The summed E-state index contributed by atoms with van der Waals surface area (Å²) in [6, 6.07) is 22.2. The quantitative estimate of drug-likeness (QED) is 0.249. The first-order chi connectivity index (χ1) is 16.6. The summed E-state index contributed by atoms with van der Waals surface area (Å²) in [6.45, 7) is 0.861. The fourth-order valence-electron chi connectivity index (χ4n) is 2.91. The third-order valence-corrected chi connectivity index (χ3v) is 4.75. The van der Waals surface area contributed by atoms with E-state index in [0.717, 1.165) is 17.0 Å². The molecule has 0 saturated carbocycles. The van der Waals surface area contributed by atoms with Gasteiger partial charge in [-0.05, 0) is 72.4 Å². The summed E-state index contributed by atoms with van der Waals surface area (Å²) in [5.74, 6) is 2.35. The molecule has 0 heterocycles. The molecular formula is C26H26N2O5S. The summed E-state index contributed by atoms with van der Waals surface area (Å²) in [7, 11) is 3.12. The molecule has 2 N–H and O–H groups in total. The van der Waals surface area contributed by atoms with Crippen molar-refractivity contribution in [1.82, 2.24) is 5.32 Å². The number of ether oxygens (including phenoxy) is 4. The van der Waals surface area contributed by atoms with Crippen LogP contribution in [0.3, 0.4) is 0 Å². The number of methoxy groups -OCH3 is 2. The molecule has 176 valence electrons. The van der Waals surface area contributed by atoms with Crippen LogP contribution in [-0.4, -0.2) is 38.5 Å². The Morgan fingerprint density at radius 1 is 0.853 bits per heavy atom. The van der Waals surface area contributed by atoms with E-state index in [4.69, 9.17) is 31.2 Å². The Morgan fingerprint density at radius 2 is 1.50 bits per heavy atom. The zero-order valence-corrected chi connectivity index (χ0v) is 19.8. The molecule has 0 unspecified atom stereocenters. The first-order valence-electron chi connectivity index (χ1n) is 10.5. The minimum atomic E-state index is -0.356. The molecule has 0 atom stereocenters. The third kappa shape index (κ3) is 7.83. The van der Waals surface area contributed by atoms with E-state index in [1.54, 1.807) is 32.4 Å². The lowest BCUT2D eigenvalue weighted by atomic mass is 10.2. The molecule has 0 aromatic heterocycles. The number of hydrogen-bond acceptors (Lipinski definition) is 6. The van der Waals surface area contributed by atoms with Gasteiger partial charge in [-0.15, -0.1) is 0 Å². The number of carbonyl (C=O) groups excluding carboxylic acids is 1. The van der Waals surface area contributed by atoms with E-state index in [9.17, 15) is 4.79 Å². The second-order valence-electron chi connectivity index (χ2n) is 6.93. The Balaban J connectivity index is 1.41. The highest BCUT2D eigenvalue weighted by Crippen LogP contribution is 2.27. The van der Waals surface area contributed by atoms with Gasteiger partial charge >= 0.3 is 0 Å². The Morgan fingerprint density at radius 3 is 2.15 bits per heavy atom. The van der Waals surface area contributed by atoms with Crippen LogP contribution in [0.2, 0.25) is 0 Å². The molecule has 3 aromatic carbocycles. The molecule has 0 spiro atoms. The minimum Gasteiger partial charge on any atom is -0.493 e. The number of anilines is 1. The average molecular weight is 479 g/mol. The molecule has 0 radical (unpaired) electrons. The number of thiocarbonyl (C=S) groups is 1. The zero-order valence-electron chi connectivity index (χ0n) is 18.9. The van der Waals surface area contributed by atoms with E-state index < -0.39 is 0 Å². The van der Waals surface area contributed by atoms with Gasteiger partial charge in [0.1, 0.15) is 24.7 Å². The Labute approximate surface area is 204 Å². The number of rotatable bonds is 10. The second-order valence-corrected chi connectivity index (χ2v) is 7.33. The van der Waals surface area contributed by atoms with Gasteiger partial charge in [-0.3, -0.25) is 10.1 Å². The van der Waals surface area contributed by atoms with Gasteiger partial charge in [0.15, 0.2) is 16.6 Å². The Hall–Kier alpha value is -4.04. The lowest BCUT2D eigenvalue weighted by Crippen LogP contribution is -2.32. The van der Waals surface area contributed by atoms with Crippen LogP contribution < -0.4 is 29.6 Å². The molecule has 0 aliphatic rings. The summed E-state index contributed by atoms with van der Waals surface area (Å²) < 4.78 is 21.7. The van der Waals surface area contributed by atoms with Crippen LogP contribution in [0.4, 0.5) is 5.69 Å². The fourth-order valence-corrected chi connectivity index (χ4v) is 3.13. The molecule has 0 saturated heterocycles. The number of amides is 1. The highest BCUT2D eigenvalue weighted by molar-refractivity contribution is 7.80. The van der Waals surface area contributed by atoms with Gasteiger partial charge in [0.25, 0.3) is 0 Å². The van der Waals surface area contributed by atoms with Crippen LogP contribution in [0, 0.1) is 0 Å². The average Bonchev–Trinajstić information content (AvgIpc) is 2.86. The van der Waals surface area contributed by atoms with Crippen LogP contribution in [0.15, 0.2) is 78.9 Å². The van der Waals surface area contributed by atoms with E-state index in [1.807, 2.05) is 60.7 Å². The van der Waals surface area contributed by atoms with Crippen molar-refractivity contribution >= 4 is 35.0 Å². The predicted molar refractivity (Wildman–Crippen MR) is 137 cm³/mol. The molecule has 1 amide bonds. The van der Waals surface area contributed by atoms with Crippen molar-refractivity contribution in [2.24, 2.45) is 0 Å². The Bertz CT molecular complexity index is 1120. The van der Waals surface area contributed by atoms with Crippen LogP contribution in [0.25, 0.3) is 6.08 Å². The van der Waals surface area contributed by atoms with Gasteiger partial charge in [-0.25, -0.2) is 0 Å². The van der Waals surface area contributed by atoms with E-state index >= 15 is 0 Å². The maximum atomic E-state index is 12.2. The fraction of sp³-hybridized carbons (Fsp3) is 0.154. The van der Waals surface area contributed by atoms with Crippen LogP contribution in [0.1, 0.15) is 5.56 Å². The topological polar surface area (TPSA) is 78.1 Å². The first kappa shape index (κ1) is 24.6. The third-order valence-electron chi connectivity index (χ3n) is 4.55. The molecule has 0 aliphatic heterocycles. The first-order valence-corrected chi connectivity index (χ1v) is 10.9. The van der Waals surface area contributed by atoms with Gasteiger partial charge < -0.3 is 24.3 Å². The number of hydrogen-bond donors (Lipinski definition) is 2. The van der Waals surface area contributed by atoms with Gasteiger partial charge in [0, 0.05) is 11.8 Å². The minimum absolute atomic E-state index is 0.187. The lowest BCUT2D eigenvalue weighted by Gasteiger charge is -2.11. The summed E-state index contributed by atoms with van der Waals surface area (Å²) in [5.41, 5.74) is 1.51. The molecule has 8 heteroatoms. The summed E-state index contributed by atoms with van der Waals surface area (Å²) in [6.07, 6.45) is 3.05. The van der Waals surface area contributed by atoms with Gasteiger partial charge in [-0.1, -0.05) is 24.3 Å². The van der Waals surface area contributed by atoms with E-state index in [-0.39, 0.29) is 11.0 Å². The maximum Gasteiger partial charge on any atom is 0.250 e. The van der Waals surface area contributed by atoms with Crippen molar-refractivity contribution in [3.8, 4) is 23.0 Å². The summed E-state index contributed by atoms with van der Waals surface area (Å²) >= 11 is 5.22. The molecule has 3 rings (SSSR count). The second kappa shape index (κ2) is 12.9. The van der Waals surface area contributed by atoms with Gasteiger partial charge in [0.2, 0.25) is 5.91 Å². The maximum absolute atomic E-state index is 12.2. The summed E-state index contributed by atoms with van der Waals surface area (Å²) in [5, 5.41) is 5.77. The smallest absolute Gasteiger partial charge is 0.250 e. The number of benzene rings is 3. The van der Waals surface area contributed by atoms with Crippen molar-refractivity contribution in [1.29, 1.82) is 0 Å². The summed E-state index contributed by atoms with van der Waals surface area (Å²) in [4.78, 5) is 12.2. The highest BCUT2D eigenvalue weighted by atomic mass is 32.1. The Kier molecular flexibility index (Phi) is 9.30. The SMILES string of the molecule is COc1ccc(C=CC(=O)NC(=S)Nc2ccc(OCCOc3ccccc3)cc2)cc1OC. The zero-order chi connectivity index (χ0) is 24.2. The molecular weight excluding hydrogens is 452 g/mol. The van der Waals surface area contributed by atoms with Crippen LogP contribution in [0.5, 0.6) is 23.0 Å². The monoisotopic (exact) mass is 478 g/mol. The van der Waals surface area contributed by atoms with Crippen molar-refractivity contribution in [3.05, 3.63) is 84.4 Å². The molecule has 0 fully saturated rings. The largest absolute Gasteiger partial charge is 0.493 e. The predicted octanol–water partition coefficient (Wildman–Crippen LogP) is 4.69. The van der Waals surface area contributed by atoms with E-state index in [0.29, 0.717) is 30.5 Å². The molecule has 0 bridgehead atoms. The van der Waals surface area contributed by atoms with Crippen molar-refractivity contribution in [3.63, 3.8) is 0 Å². The lowest BCUT2D eigenvalue weighted by molar-refractivity contribution is -0.115. The standard InChI is InChI=1S/C26H26N2O5S/c1-30-23-14-8-19(18-24(23)31-2)9-15-25(29)28-26(34)27-20-10-12-22(13-11-20)33-17-16-32-21-6-4-3-5-7-21/h3-15,18H,16-17H2,1-2H3,(H2,27,28,29,34). The molecule has 34 heavy (non-hydrogen) atoms. The molecule has 0 aliphatic carbocycles. The van der Waals surface area contributed by atoms with Crippen molar-refractivity contribution < 1.29 is 23.7 Å². The normalized spacial score (nSPS) is 10.4. The van der Waals surface area contributed by atoms with E-state index in [1.165, 1.54) is 6.08 Å². The number of para-hydroxylation sites is 1. The van der Waals surface area contributed by atoms with Gasteiger partial charge in [0.05, 0.1) is 14.2 Å². The number of carbonyl (C=O) groups is 1. The molecule has 7 nitrogen and oxygen atoms in total.